The van der Waals surface area contributed by atoms with Gasteiger partial charge in [0.05, 0.1) is 24.3 Å². The highest BCUT2D eigenvalue weighted by atomic mass is 32.2. The fourth-order valence-corrected chi connectivity index (χ4v) is 17.8. The lowest BCUT2D eigenvalue weighted by molar-refractivity contribution is -0.153. The fourth-order valence-electron chi connectivity index (χ4n) is 9.53. The molecule has 8 atom stereocenters. The van der Waals surface area contributed by atoms with Crippen molar-refractivity contribution in [1.82, 2.24) is 9.88 Å². The number of carbonyl (C=O) groups is 2. The number of aromatic nitrogens is 1. The number of ketones is 1. The maximum Gasteiger partial charge on any atom is 0.309 e. The predicted molar refractivity (Wildman–Crippen MR) is 264 cm³/mol. The van der Waals surface area contributed by atoms with Crippen LogP contribution in [0.15, 0.2) is 15.3 Å². The van der Waals surface area contributed by atoms with E-state index in [0.717, 1.165) is 77.7 Å². The number of rotatable bonds is 17. The van der Waals surface area contributed by atoms with Gasteiger partial charge in [-0.25, -0.2) is 4.98 Å². The summed E-state index contributed by atoms with van der Waals surface area (Å²) in [4.78, 5) is 37.3. The van der Waals surface area contributed by atoms with Crippen LogP contribution >= 0.6 is 23.1 Å². The van der Waals surface area contributed by atoms with Gasteiger partial charge in [0.2, 0.25) is 0 Å². The Kier molecular flexibility index (Phi) is 19.7. The number of hydrogen-bond donors (Lipinski definition) is 0. The van der Waals surface area contributed by atoms with Crippen molar-refractivity contribution >= 4 is 65.9 Å². The third-order valence-corrected chi connectivity index (χ3v) is 31.5. The van der Waals surface area contributed by atoms with Crippen molar-refractivity contribution in [3.63, 3.8) is 0 Å². The van der Waals surface area contributed by atoms with Crippen LogP contribution < -0.4 is 0 Å². The highest BCUT2D eigenvalue weighted by molar-refractivity contribution is 8.00. The lowest BCUT2D eigenvalue weighted by Crippen LogP contribution is -2.53. The molecule has 0 spiro atoms. The first-order valence-corrected chi connectivity index (χ1v) is 33.6. The summed E-state index contributed by atoms with van der Waals surface area (Å²) in [6, 6.07) is 6.10. The van der Waals surface area contributed by atoms with Gasteiger partial charge < -0.3 is 18.0 Å². The highest BCUT2D eigenvalue weighted by Crippen LogP contribution is 2.49. The average Bonchev–Trinajstić information content (AvgIpc) is 3.47. The summed E-state index contributed by atoms with van der Waals surface area (Å²) < 4.78 is 29.1. The quantitative estimate of drug-likeness (QED) is 0.0656. The van der Waals surface area contributed by atoms with Gasteiger partial charge in [0.15, 0.2) is 25.0 Å². The number of fused-ring (bicyclic) bond motifs is 1. The third-order valence-electron chi connectivity index (χ3n) is 15.8. The van der Waals surface area contributed by atoms with E-state index in [2.05, 4.69) is 119 Å². The predicted octanol–water partition coefficient (Wildman–Crippen LogP) is 13.3. The van der Waals surface area contributed by atoms with Gasteiger partial charge in [-0.3, -0.25) is 14.5 Å². The van der Waals surface area contributed by atoms with Gasteiger partial charge in [-0.2, -0.15) is 0 Å². The van der Waals surface area contributed by atoms with Crippen LogP contribution in [-0.2, 0) is 27.6 Å². The summed E-state index contributed by atoms with van der Waals surface area (Å²) in [5.74, 6) is -0.330. The first-order chi connectivity index (χ1) is 27.9. The number of ether oxygens (including phenoxy) is 1. The molecule has 13 heteroatoms. The SMILES string of the molecule is CC[Si](CC)(CC)OC1[C@@H](C)CCC[C@]2(C)[C@H](C[C@@H](/C(C)=C/c3csc(SC)n3)OC(=O)CC(O[Si](CC)(CC)CC)C(C)(C)C(=O)[C@@H]1C)N2CCO[Si](C)(C)C(C)(C)C. The van der Waals surface area contributed by atoms with Gasteiger partial charge in [-0.05, 0) is 105 Å². The minimum Gasteiger partial charge on any atom is -0.458 e. The normalized spacial score (nSPS) is 29.3. The molecular formula is C47H88N2O6S2Si3. The Hall–Kier alpha value is -0.649. The summed E-state index contributed by atoms with van der Waals surface area (Å²) in [6.07, 6.45) is 6.63. The Labute approximate surface area is 379 Å². The molecule has 1 aromatic heterocycles. The van der Waals surface area contributed by atoms with Crippen LogP contribution in [0, 0.1) is 17.3 Å². The van der Waals surface area contributed by atoms with Crippen LogP contribution in [-0.4, -0.2) is 95.9 Å². The van der Waals surface area contributed by atoms with E-state index in [1.807, 2.05) is 20.1 Å². The molecule has 0 radical (unpaired) electrons. The zero-order valence-electron chi connectivity index (χ0n) is 41.5. The zero-order chi connectivity index (χ0) is 45.5. The van der Waals surface area contributed by atoms with Crippen molar-refractivity contribution in [2.24, 2.45) is 17.3 Å². The van der Waals surface area contributed by atoms with Crippen molar-refractivity contribution in [3.05, 3.63) is 16.6 Å². The largest absolute Gasteiger partial charge is 0.458 e. The summed E-state index contributed by atoms with van der Waals surface area (Å²) in [5, 5.41) is 2.21. The number of esters is 1. The van der Waals surface area contributed by atoms with Crippen LogP contribution in [0.3, 0.4) is 0 Å². The van der Waals surface area contributed by atoms with E-state index in [1.54, 1.807) is 23.1 Å². The molecule has 0 aromatic carbocycles. The molecule has 2 aliphatic rings. The second-order valence-corrected chi connectivity index (χ2v) is 36.8. The lowest BCUT2D eigenvalue weighted by atomic mass is 9.73. The van der Waals surface area contributed by atoms with Gasteiger partial charge in [0, 0.05) is 47.9 Å². The minimum absolute atomic E-state index is 0.0297. The van der Waals surface area contributed by atoms with Crippen LogP contribution in [0.5, 0.6) is 0 Å². The Morgan fingerprint density at radius 2 is 1.55 bits per heavy atom. The summed E-state index contributed by atoms with van der Waals surface area (Å²) in [6.45, 7) is 39.5. The molecule has 3 unspecified atom stereocenters. The Morgan fingerprint density at radius 1 is 0.983 bits per heavy atom. The van der Waals surface area contributed by atoms with Crippen molar-refractivity contribution in [2.75, 3.05) is 19.4 Å². The standard InChI is InChI=1S/C47H88N2O6S2Si3/c1-19-59(20-2,21-3)54-40-32-41(50)53-38(35(8)30-37-33-57-44(48-37)56-16)31-39-47(15,49(39)28-29-52-58(17,18)45(10,11)12)27-25-26-34(7)42(36(9)43(51)46(40,13)14)55-60(22-4,23-5)24-6/h30,33-34,36,38-40,42H,19-29,31-32H2,1-18H3/b35-30+/t34-,36+,38-,39-,40?,42?,47+,49?/m0/s1. The smallest absolute Gasteiger partial charge is 0.309 e. The highest BCUT2D eigenvalue weighted by Gasteiger charge is 2.59. The number of thioether (sulfide) groups is 1. The molecule has 0 amide bonds. The van der Waals surface area contributed by atoms with E-state index in [9.17, 15) is 4.79 Å². The van der Waals surface area contributed by atoms with Crippen molar-refractivity contribution < 1.29 is 27.6 Å². The molecule has 8 nitrogen and oxygen atoms in total. The Balaban J connectivity index is 2.17. The van der Waals surface area contributed by atoms with E-state index in [-0.39, 0.29) is 52.7 Å². The van der Waals surface area contributed by atoms with Gasteiger partial charge in [-0.15, -0.1) is 11.3 Å². The molecule has 0 aliphatic carbocycles. The first-order valence-electron chi connectivity index (χ1n) is 23.6. The van der Waals surface area contributed by atoms with Crippen LogP contribution in [0.4, 0.5) is 0 Å². The maximum atomic E-state index is 15.2. The molecule has 0 N–H and O–H groups in total. The maximum absolute atomic E-state index is 15.2. The molecule has 0 saturated carbocycles. The number of cyclic esters (lactones) is 1. The van der Waals surface area contributed by atoms with E-state index >= 15 is 4.79 Å². The first kappa shape index (κ1) is 53.7. The van der Waals surface area contributed by atoms with Crippen molar-refractivity contribution in [3.8, 4) is 0 Å². The van der Waals surface area contributed by atoms with Gasteiger partial charge in [-0.1, -0.05) is 108 Å². The van der Waals surface area contributed by atoms with Gasteiger partial charge in [0.25, 0.3) is 0 Å². The van der Waals surface area contributed by atoms with Gasteiger partial charge >= 0.3 is 5.97 Å². The topological polar surface area (TPSA) is 87.0 Å². The van der Waals surface area contributed by atoms with E-state index in [0.29, 0.717) is 13.0 Å². The van der Waals surface area contributed by atoms with Crippen LogP contribution in [0.25, 0.3) is 6.08 Å². The van der Waals surface area contributed by atoms with E-state index < -0.39 is 42.6 Å². The Morgan fingerprint density at radius 3 is 2.07 bits per heavy atom. The lowest BCUT2D eigenvalue weighted by Gasteiger charge is -2.44. The summed E-state index contributed by atoms with van der Waals surface area (Å²) >= 11 is 3.28. The van der Waals surface area contributed by atoms with Crippen molar-refractivity contribution in [2.45, 2.75) is 225 Å². The molecule has 60 heavy (non-hydrogen) atoms. The Bertz CT molecular complexity index is 1550. The molecular weight excluding hydrogens is 837 g/mol. The molecule has 3 rings (SSSR count). The fraction of sp³-hybridized carbons (Fsp3) is 0.851. The number of nitrogens with zero attached hydrogens (tertiary/aromatic N) is 2. The minimum atomic E-state index is -2.26. The molecule has 2 fully saturated rings. The molecule has 3 heterocycles. The number of hydrogen-bond acceptors (Lipinski definition) is 10. The zero-order valence-corrected chi connectivity index (χ0v) is 46.1. The third kappa shape index (κ3) is 12.8. The van der Waals surface area contributed by atoms with Crippen LogP contribution in [0.2, 0.25) is 54.4 Å². The monoisotopic (exact) mass is 925 g/mol. The summed E-state index contributed by atoms with van der Waals surface area (Å²) in [5.41, 5.74) is 0.870. The molecule has 346 valence electrons. The molecule has 2 saturated heterocycles. The van der Waals surface area contributed by atoms with Gasteiger partial charge in [0.1, 0.15) is 16.2 Å². The van der Waals surface area contributed by atoms with E-state index in [1.165, 1.54) is 0 Å². The molecule has 1 aromatic rings. The molecule has 0 bridgehead atoms. The van der Waals surface area contributed by atoms with E-state index in [4.69, 9.17) is 23.0 Å². The summed E-state index contributed by atoms with van der Waals surface area (Å²) in [7, 11) is -6.27. The number of Topliss-reactive ketones (excluding diaryl/α,β-unsaturated/α-hetero) is 1. The average molecular weight is 926 g/mol. The second-order valence-electron chi connectivity index (χ2n) is 20.6. The second kappa shape index (κ2) is 22.0. The number of thiazole rings is 1. The van der Waals surface area contributed by atoms with Crippen molar-refractivity contribution in [1.29, 1.82) is 0 Å². The van der Waals surface area contributed by atoms with Crippen LogP contribution in [0.1, 0.15) is 142 Å². The number of carbonyl (C=O) groups excluding carboxylic acids is 2. The molecule has 2 aliphatic heterocycles.